The van der Waals surface area contributed by atoms with Gasteiger partial charge in [-0.1, -0.05) is 6.92 Å². The number of halogens is 2. The minimum absolute atomic E-state index is 0.0180. The van der Waals surface area contributed by atoms with Crippen molar-refractivity contribution in [2.24, 2.45) is 5.73 Å². The number of hydrogen-bond donors (Lipinski definition) is 1. The third-order valence-corrected chi connectivity index (χ3v) is 2.29. The third kappa shape index (κ3) is 3.78. The molecule has 0 saturated carbocycles. The summed E-state index contributed by atoms with van der Waals surface area (Å²) in [7, 11) is 0. The molecule has 0 aliphatic heterocycles. The Morgan fingerprint density at radius 2 is 1.82 bits per heavy atom. The molecule has 1 aromatic rings. The fraction of sp³-hybridized carbons (Fsp3) is 0.417. The van der Waals surface area contributed by atoms with E-state index in [1.807, 2.05) is 6.92 Å². The second-order valence-corrected chi connectivity index (χ2v) is 3.74. The van der Waals surface area contributed by atoms with E-state index in [-0.39, 0.29) is 5.56 Å². The maximum absolute atomic E-state index is 13.0. The lowest BCUT2D eigenvalue weighted by atomic mass is 10.2. The summed E-state index contributed by atoms with van der Waals surface area (Å²) in [5, 5.41) is 0. The average Bonchev–Trinajstić information content (AvgIpc) is 2.26. The molecule has 1 amide bonds. The number of carbonyl (C=O) groups excluding carboxylic acids is 1. The van der Waals surface area contributed by atoms with E-state index in [1.54, 1.807) is 0 Å². The monoisotopic (exact) mass is 242 g/mol. The largest absolute Gasteiger partial charge is 0.337 e. The molecule has 1 aromatic carbocycles. The number of carbonyl (C=O) groups is 1. The van der Waals surface area contributed by atoms with Crippen molar-refractivity contribution in [3.8, 4) is 0 Å². The van der Waals surface area contributed by atoms with Crippen LogP contribution in [0.25, 0.3) is 0 Å². The van der Waals surface area contributed by atoms with Crippen molar-refractivity contribution < 1.29 is 13.6 Å². The number of amides is 1. The zero-order valence-electron chi connectivity index (χ0n) is 9.75. The topological polar surface area (TPSA) is 46.3 Å². The van der Waals surface area contributed by atoms with Gasteiger partial charge in [0.05, 0.1) is 0 Å². The first kappa shape index (κ1) is 13.6. The van der Waals surface area contributed by atoms with Gasteiger partial charge in [-0.15, -0.1) is 0 Å². The van der Waals surface area contributed by atoms with Gasteiger partial charge in [0.2, 0.25) is 0 Å². The van der Waals surface area contributed by atoms with E-state index in [2.05, 4.69) is 0 Å². The summed E-state index contributed by atoms with van der Waals surface area (Å²) in [6.07, 6.45) is 0.767. The highest BCUT2D eigenvalue weighted by Crippen LogP contribution is 2.11. The summed E-state index contributed by atoms with van der Waals surface area (Å²) in [4.78, 5) is 13.5. The minimum Gasteiger partial charge on any atom is -0.337 e. The van der Waals surface area contributed by atoms with E-state index in [0.717, 1.165) is 24.6 Å². The van der Waals surface area contributed by atoms with Crippen LogP contribution >= 0.6 is 0 Å². The molecule has 0 heterocycles. The minimum atomic E-state index is -0.752. The summed E-state index contributed by atoms with van der Waals surface area (Å²) in [5.41, 5.74) is 5.41. The number of nitrogens with two attached hydrogens (primary N) is 1. The van der Waals surface area contributed by atoms with Crippen molar-refractivity contribution in [3.63, 3.8) is 0 Å². The van der Waals surface area contributed by atoms with Gasteiger partial charge in [0, 0.05) is 31.3 Å². The molecular formula is C12H16F2N2O. The maximum Gasteiger partial charge on any atom is 0.254 e. The fourth-order valence-corrected chi connectivity index (χ4v) is 1.60. The van der Waals surface area contributed by atoms with Gasteiger partial charge in [-0.05, 0) is 18.6 Å². The molecule has 0 aliphatic carbocycles. The molecule has 0 radical (unpaired) electrons. The molecule has 0 bridgehead atoms. The standard InChI is InChI=1S/C12H16F2N2O/c1-2-4-16(5-3-15)12(17)9-6-10(13)8-11(14)7-9/h6-8H,2-5,15H2,1H3. The molecular weight excluding hydrogens is 226 g/mol. The number of benzene rings is 1. The molecule has 0 aliphatic rings. The average molecular weight is 242 g/mol. The van der Waals surface area contributed by atoms with Crippen LogP contribution in [0.3, 0.4) is 0 Å². The lowest BCUT2D eigenvalue weighted by Gasteiger charge is -2.21. The molecule has 1 rings (SSSR count). The van der Waals surface area contributed by atoms with Gasteiger partial charge < -0.3 is 10.6 Å². The molecule has 3 nitrogen and oxygen atoms in total. The predicted octanol–water partition coefficient (Wildman–Crippen LogP) is 1.78. The first-order valence-corrected chi connectivity index (χ1v) is 5.54. The molecule has 0 atom stereocenters. The van der Waals surface area contributed by atoms with Crippen LogP contribution in [-0.4, -0.2) is 30.4 Å². The van der Waals surface area contributed by atoms with E-state index in [0.29, 0.717) is 19.6 Å². The Morgan fingerprint density at radius 3 is 2.29 bits per heavy atom. The van der Waals surface area contributed by atoms with Crippen molar-refractivity contribution in [2.45, 2.75) is 13.3 Å². The van der Waals surface area contributed by atoms with Crippen LogP contribution in [0.15, 0.2) is 18.2 Å². The van der Waals surface area contributed by atoms with Crippen LogP contribution in [0.5, 0.6) is 0 Å². The highest BCUT2D eigenvalue weighted by molar-refractivity contribution is 5.94. The zero-order valence-corrected chi connectivity index (χ0v) is 9.75. The molecule has 17 heavy (non-hydrogen) atoms. The quantitative estimate of drug-likeness (QED) is 0.855. The van der Waals surface area contributed by atoms with E-state index in [4.69, 9.17) is 5.73 Å². The van der Waals surface area contributed by atoms with Crippen molar-refractivity contribution in [3.05, 3.63) is 35.4 Å². The van der Waals surface area contributed by atoms with Crippen molar-refractivity contribution in [2.75, 3.05) is 19.6 Å². The van der Waals surface area contributed by atoms with Gasteiger partial charge in [0.1, 0.15) is 11.6 Å². The van der Waals surface area contributed by atoms with E-state index >= 15 is 0 Å². The van der Waals surface area contributed by atoms with Crippen LogP contribution in [-0.2, 0) is 0 Å². The number of hydrogen-bond acceptors (Lipinski definition) is 2. The van der Waals surface area contributed by atoms with Gasteiger partial charge in [-0.25, -0.2) is 8.78 Å². The van der Waals surface area contributed by atoms with Crippen molar-refractivity contribution >= 4 is 5.91 Å². The molecule has 0 saturated heterocycles. The van der Waals surface area contributed by atoms with Crippen molar-refractivity contribution in [1.29, 1.82) is 0 Å². The third-order valence-electron chi connectivity index (χ3n) is 2.29. The summed E-state index contributed by atoms with van der Waals surface area (Å²) >= 11 is 0. The first-order valence-electron chi connectivity index (χ1n) is 5.54. The van der Waals surface area contributed by atoms with Crippen LogP contribution in [0, 0.1) is 11.6 Å². The van der Waals surface area contributed by atoms with Crippen LogP contribution in [0.1, 0.15) is 23.7 Å². The molecule has 2 N–H and O–H groups in total. The second kappa shape index (κ2) is 6.30. The first-order chi connectivity index (χ1) is 8.08. The van der Waals surface area contributed by atoms with Gasteiger partial charge in [0.25, 0.3) is 5.91 Å². The Hall–Kier alpha value is -1.49. The SMILES string of the molecule is CCCN(CCN)C(=O)c1cc(F)cc(F)c1. The smallest absolute Gasteiger partial charge is 0.254 e. The second-order valence-electron chi connectivity index (χ2n) is 3.74. The molecule has 5 heteroatoms. The Balaban J connectivity index is 2.92. The molecule has 94 valence electrons. The highest BCUT2D eigenvalue weighted by atomic mass is 19.1. The van der Waals surface area contributed by atoms with Crippen molar-refractivity contribution in [1.82, 2.24) is 4.90 Å². The molecule has 0 aromatic heterocycles. The Kier molecular flexibility index (Phi) is 5.03. The summed E-state index contributed by atoms with van der Waals surface area (Å²) in [5.74, 6) is -1.90. The maximum atomic E-state index is 13.0. The molecule has 0 unspecified atom stereocenters. The van der Waals surface area contributed by atoms with Crippen LogP contribution < -0.4 is 5.73 Å². The van der Waals surface area contributed by atoms with E-state index in [9.17, 15) is 13.6 Å². The van der Waals surface area contributed by atoms with Gasteiger partial charge in [0.15, 0.2) is 0 Å². The van der Waals surface area contributed by atoms with E-state index in [1.165, 1.54) is 4.90 Å². The van der Waals surface area contributed by atoms with Gasteiger partial charge >= 0.3 is 0 Å². The van der Waals surface area contributed by atoms with Gasteiger partial charge in [-0.3, -0.25) is 4.79 Å². The van der Waals surface area contributed by atoms with Crippen LogP contribution in [0.4, 0.5) is 8.78 Å². The Labute approximate surface area is 99.2 Å². The van der Waals surface area contributed by atoms with Crippen LogP contribution in [0.2, 0.25) is 0 Å². The van der Waals surface area contributed by atoms with Gasteiger partial charge in [-0.2, -0.15) is 0 Å². The summed E-state index contributed by atoms with van der Waals surface area (Å²) in [6, 6.07) is 2.80. The lowest BCUT2D eigenvalue weighted by molar-refractivity contribution is 0.0759. The highest BCUT2D eigenvalue weighted by Gasteiger charge is 2.15. The summed E-state index contributed by atoms with van der Waals surface area (Å²) in [6.45, 7) is 3.14. The zero-order chi connectivity index (χ0) is 12.8. The number of rotatable bonds is 5. The predicted molar refractivity (Wildman–Crippen MR) is 61.6 cm³/mol. The fourth-order valence-electron chi connectivity index (χ4n) is 1.60. The molecule has 0 fully saturated rings. The Bertz CT molecular complexity index is 370. The molecule has 0 spiro atoms. The summed E-state index contributed by atoms with van der Waals surface area (Å²) < 4.78 is 26.0. The Morgan fingerprint density at radius 1 is 1.24 bits per heavy atom. The number of nitrogens with zero attached hydrogens (tertiary/aromatic N) is 1. The normalized spacial score (nSPS) is 10.4. The van der Waals surface area contributed by atoms with E-state index < -0.39 is 17.5 Å². The lowest BCUT2D eigenvalue weighted by Crippen LogP contribution is -2.36.